The molecule has 34 heavy (non-hydrogen) atoms. The first-order chi connectivity index (χ1) is 16.1. The summed E-state index contributed by atoms with van der Waals surface area (Å²) in [6, 6.07) is 8.94. The number of fused-ring (bicyclic) bond motifs is 1. The third-order valence-electron chi connectivity index (χ3n) is 4.86. The van der Waals surface area contributed by atoms with Crippen LogP contribution in [0, 0.1) is 0 Å². The van der Waals surface area contributed by atoms with Gasteiger partial charge >= 0.3 is 12.0 Å². The number of benzene rings is 2. The van der Waals surface area contributed by atoms with Crippen LogP contribution in [0.3, 0.4) is 0 Å². The topological polar surface area (TPSA) is 140 Å². The van der Waals surface area contributed by atoms with Crippen molar-refractivity contribution in [2.24, 2.45) is 0 Å². The molecule has 1 aliphatic heterocycles. The minimum Gasteiger partial charge on any atom is -0.486 e. The molecular weight excluding hydrogens is 466 g/mol. The molecule has 3 amide bonds. The Kier molecular flexibility index (Phi) is 7.74. The van der Waals surface area contributed by atoms with Crippen LogP contribution < -0.4 is 20.1 Å². The van der Waals surface area contributed by atoms with Crippen molar-refractivity contribution in [3.05, 3.63) is 48.0 Å². The second-order valence-electron chi connectivity index (χ2n) is 7.58. The molecule has 0 saturated carbocycles. The van der Waals surface area contributed by atoms with Crippen molar-refractivity contribution in [3.63, 3.8) is 0 Å². The second kappa shape index (κ2) is 10.5. The van der Waals surface area contributed by atoms with Crippen LogP contribution in [0.25, 0.3) is 0 Å². The summed E-state index contributed by atoms with van der Waals surface area (Å²) in [6.45, 7) is 3.52. The number of nitrogens with zero attached hydrogens (tertiary/aromatic N) is 1. The minimum absolute atomic E-state index is 0.0493. The second-order valence-corrected chi connectivity index (χ2v) is 9.58. The van der Waals surface area contributed by atoms with E-state index in [0.29, 0.717) is 30.4 Å². The predicted molar refractivity (Wildman–Crippen MR) is 121 cm³/mol. The van der Waals surface area contributed by atoms with E-state index in [9.17, 15) is 22.8 Å². The summed E-state index contributed by atoms with van der Waals surface area (Å²) in [5, 5.41) is 4.51. The number of amides is 3. The first-order valence-electron chi connectivity index (χ1n) is 10.3. The maximum Gasteiger partial charge on any atom is 0.338 e. The third-order valence-corrected chi connectivity index (χ3v) is 6.89. The molecule has 0 bridgehead atoms. The number of sulfonamides is 1. The number of imide groups is 1. The fourth-order valence-electron chi connectivity index (χ4n) is 2.89. The molecule has 0 radical (unpaired) electrons. The number of urea groups is 1. The van der Waals surface area contributed by atoms with Crippen LogP contribution in [0.4, 0.5) is 10.5 Å². The summed E-state index contributed by atoms with van der Waals surface area (Å²) in [6.07, 6.45) is 0. The Morgan fingerprint density at radius 3 is 2.47 bits per heavy atom. The van der Waals surface area contributed by atoms with E-state index in [2.05, 4.69) is 5.32 Å². The van der Waals surface area contributed by atoms with Crippen LogP contribution in [0.2, 0.25) is 0 Å². The Hall–Kier alpha value is -3.64. The molecule has 1 heterocycles. The van der Waals surface area contributed by atoms with Crippen LogP contribution in [0.15, 0.2) is 47.4 Å². The van der Waals surface area contributed by atoms with E-state index in [1.54, 1.807) is 32.0 Å². The smallest absolute Gasteiger partial charge is 0.338 e. The molecule has 0 unspecified atom stereocenters. The normalized spacial score (nSPS) is 12.9. The minimum atomic E-state index is -3.80. The average molecular weight is 492 g/mol. The standard InChI is InChI=1S/C22H25N3O8S/c1-14(2)25(3)34(29,30)17-6-4-5-15(11-17)21(27)33-13-20(26)24-22(28)23-16-7-8-18-19(12-16)32-10-9-31-18/h4-8,11-12,14H,9-10,13H2,1-3H3,(H2,23,24,26,28). The molecule has 12 heteroatoms. The predicted octanol–water partition coefficient (Wildman–Crippen LogP) is 1.99. The number of hydrogen-bond donors (Lipinski definition) is 2. The van der Waals surface area contributed by atoms with Gasteiger partial charge in [0.15, 0.2) is 18.1 Å². The number of hydrogen-bond acceptors (Lipinski definition) is 8. The van der Waals surface area contributed by atoms with Crippen LogP contribution in [-0.2, 0) is 19.6 Å². The van der Waals surface area contributed by atoms with E-state index in [0.717, 1.165) is 0 Å². The fraction of sp³-hybridized carbons (Fsp3) is 0.318. The summed E-state index contributed by atoms with van der Waals surface area (Å²) >= 11 is 0. The Bertz CT molecular complexity index is 1200. The van der Waals surface area contributed by atoms with Gasteiger partial charge in [-0.05, 0) is 44.2 Å². The summed E-state index contributed by atoms with van der Waals surface area (Å²) in [5.41, 5.74) is 0.322. The van der Waals surface area contributed by atoms with E-state index in [1.165, 1.54) is 35.6 Å². The highest BCUT2D eigenvalue weighted by Gasteiger charge is 2.24. The van der Waals surface area contributed by atoms with Gasteiger partial charge in [0.05, 0.1) is 10.5 Å². The molecule has 2 aromatic carbocycles. The first-order valence-corrected chi connectivity index (χ1v) is 11.8. The molecule has 0 aliphatic carbocycles. The summed E-state index contributed by atoms with van der Waals surface area (Å²) < 4.78 is 42.1. The highest BCUT2D eigenvalue weighted by molar-refractivity contribution is 7.89. The van der Waals surface area contributed by atoms with Gasteiger partial charge in [-0.15, -0.1) is 0 Å². The van der Waals surface area contributed by atoms with E-state index < -0.39 is 34.5 Å². The van der Waals surface area contributed by atoms with E-state index in [1.807, 2.05) is 5.32 Å². The number of rotatable bonds is 7. The zero-order valence-electron chi connectivity index (χ0n) is 18.9. The maximum absolute atomic E-state index is 12.6. The van der Waals surface area contributed by atoms with Crippen molar-refractivity contribution in [2.45, 2.75) is 24.8 Å². The molecule has 3 rings (SSSR count). The summed E-state index contributed by atoms with van der Waals surface area (Å²) in [4.78, 5) is 36.3. The number of nitrogens with one attached hydrogen (secondary N) is 2. The van der Waals surface area contributed by atoms with Crippen LogP contribution in [0.5, 0.6) is 11.5 Å². The van der Waals surface area contributed by atoms with Gasteiger partial charge < -0.3 is 19.5 Å². The van der Waals surface area contributed by atoms with Crippen molar-refractivity contribution >= 4 is 33.6 Å². The molecule has 2 aromatic rings. The molecule has 0 fully saturated rings. The van der Waals surface area contributed by atoms with Gasteiger partial charge in [-0.3, -0.25) is 10.1 Å². The van der Waals surface area contributed by atoms with Gasteiger partial charge in [0.25, 0.3) is 5.91 Å². The number of carbonyl (C=O) groups is 3. The Morgan fingerprint density at radius 1 is 1.06 bits per heavy atom. The zero-order valence-corrected chi connectivity index (χ0v) is 19.7. The first kappa shape index (κ1) is 25.0. The molecule has 182 valence electrons. The lowest BCUT2D eigenvalue weighted by Crippen LogP contribution is -2.37. The molecule has 0 spiro atoms. The fourth-order valence-corrected chi connectivity index (χ4v) is 4.30. The molecule has 0 atom stereocenters. The highest BCUT2D eigenvalue weighted by atomic mass is 32.2. The van der Waals surface area contributed by atoms with Gasteiger partial charge in [-0.2, -0.15) is 4.31 Å². The monoisotopic (exact) mass is 491 g/mol. The largest absolute Gasteiger partial charge is 0.486 e. The molecule has 2 N–H and O–H groups in total. The Balaban J connectivity index is 1.54. The van der Waals surface area contributed by atoms with E-state index in [-0.39, 0.29) is 16.5 Å². The molecule has 1 aliphatic rings. The van der Waals surface area contributed by atoms with Crippen molar-refractivity contribution < 1.29 is 37.0 Å². The quantitative estimate of drug-likeness (QED) is 0.561. The van der Waals surface area contributed by atoms with Crippen LogP contribution in [-0.4, -0.2) is 63.5 Å². The van der Waals surface area contributed by atoms with Gasteiger partial charge in [-0.25, -0.2) is 18.0 Å². The van der Waals surface area contributed by atoms with E-state index in [4.69, 9.17) is 14.2 Å². The number of ether oxygens (including phenoxy) is 3. The summed E-state index contributed by atoms with van der Waals surface area (Å²) in [7, 11) is -2.36. The van der Waals surface area contributed by atoms with Gasteiger partial charge in [0.2, 0.25) is 10.0 Å². The highest BCUT2D eigenvalue weighted by Crippen LogP contribution is 2.32. The van der Waals surface area contributed by atoms with Crippen molar-refractivity contribution in [1.82, 2.24) is 9.62 Å². The van der Waals surface area contributed by atoms with Crippen LogP contribution in [0.1, 0.15) is 24.2 Å². The van der Waals surface area contributed by atoms with Gasteiger partial charge in [0, 0.05) is 24.8 Å². The molecule has 0 aromatic heterocycles. The number of carbonyl (C=O) groups excluding carboxylic acids is 3. The van der Waals surface area contributed by atoms with Crippen LogP contribution >= 0.6 is 0 Å². The average Bonchev–Trinajstić information content (AvgIpc) is 2.81. The zero-order chi connectivity index (χ0) is 24.9. The van der Waals surface area contributed by atoms with Gasteiger partial charge in [0.1, 0.15) is 13.2 Å². The Labute approximate surface area is 197 Å². The van der Waals surface area contributed by atoms with Gasteiger partial charge in [-0.1, -0.05) is 6.07 Å². The SMILES string of the molecule is CC(C)N(C)S(=O)(=O)c1cccc(C(=O)OCC(=O)NC(=O)Nc2ccc3c(c2)OCCO3)c1. The molecule has 11 nitrogen and oxygen atoms in total. The lowest BCUT2D eigenvalue weighted by atomic mass is 10.2. The summed E-state index contributed by atoms with van der Waals surface area (Å²) in [5.74, 6) is -0.764. The number of anilines is 1. The lowest BCUT2D eigenvalue weighted by Gasteiger charge is -2.21. The maximum atomic E-state index is 12.6. The van der Waals surface area contributed by atoms with E-state index >= 15 is 0 Å². The molecule has 0 saturated heterocycles. The lowest BCUT2D eigenvalue weighted by molar-refractivity contribution is -0.123. The number of esters is 1. The third kappa shape index (κ3) is 6.02. The van der Waals surface area contributed by atoms with Crippen molar-refractivity contribution in [2.75, 3.05) is 32.2 Å². The van der Waals surface area contributed by atoms with Crippen molar-refractivity contribution in [1.29, 1.82) is 0 Å². The Morgan fingerprint density at radius 2 is 1.76 bits per heavy atom. The van der Waals surface area contributed by atoms with Crippen molar-refractivity contribution in [3.8, 4) is 11.5 Å². The molecular formula is C22H25N3O8S.